The highest BCUT2D eigenvalue weighted by atomic mass is 16.3. The monoisotopic (exact) mass is 368 g/mol. The zero-order valence-corrected chi connectivity index (χ0v) is 17.4. The standard InChI is InChI=1S/C23H32N2O2/c1-16(2)25(17(3)4)23(27)22-10-8-7-9-21(22)20-12-11-18(14-24(5)6)13-19(20)15-26/h7-13,16-17,26H,14-15H2,1-6H3. The normalized spacial score (nSPS) is 11.5. The smallest absolute Gasteiger partial charge is 0.254 e. The summed E-state index contributed by atoms with van der Waals surface area (Å²) in [5.41, 5.74) is 4.44. The van der Waals surface area contributed by atoms with Crippen molar-refractivity contribution in [3.05, 3.63) is 59.2 Å². The molecular formula is C23H32N2O2. The van der Waals surface area contributed by atoms with Crippen LogP contribution in [0.5, 0.6) is 0 Å². The third-order valence-corrected chi connectivity index (χ3v) is 4.63. The van der Waals surface area contributed by atoms with Crippen LogP contribution in [0.3, 0.4) is 0 Å². The van der Waals surface area contributed by atoms with Crippen molar-refractivity contribution < 1.29 is 9.90 Å². The van der Waals surface area contributed by atoms with Gasteiger partial charge in [-0.15, -0.1) is 0 Å². The molecule has 2 aromatic rings. The molecule has 2 rings (SSSR count). The van der Waals surface area contributed by atoms with E-state index in [-0.39, 0.29) is 24.6 Å². The van der Waals surface area contributed by atoms with Crippen molar-refractivity contribution in [2.24, 2.45) is 0 Å². The SMILES string of the molecule is CC(C)N(C(=O)c1ccccc1-c1ccc(CN(C)C)cc1CO)C(C)C. The van der Waals surface area contributed by atoms with Crippen molar-refractivity contribution in [3.63, 3.8) is 0 Å². The van der Waals surface area contributed by atoms with E-state index >= 15 is 0 Å². The Morgan fingerprint density at radius 1 is 0.963 bits per heavy atom. The summed E-state index contributed by atoms with van der Waals surface area (Å²) in [5.74, 6) is 0.0249. The fourth-order valence-corrected chi connectivity index (χ4v) is 3.61. The van der Waals surface area contributed by atoms with E-state index in [9.17, 15) is 9.90 Å². The molecule has 0 unspecified atom stereocenters. The molecule has 0 spiro atoms. The van der Waals surface area contributed by atoms with Gasteiger partial charge in [0.15, 0.2) is 0 Å². The predicted octanol–water partition coefficient (Wildman–Crippen LogP) is 4.17. The van der Waals surface area contributed by atoms with Crippen LogP contribution < -0.4 is 0 Å². The fraction of sp³-hybridized carbons (Fsp3) is 0.435. The maximum atomic E-state index is 13.3. The lowest BCUT2D eigenvalue weighted by Crippen LogP contribution is -2.42. The number of aliphatic hydroxyl groups is 1. The third-order valence-electron chi connectivity index (χ3n) is 4.63. The number of rotatable bonds is 7. The van der Waals surface area contributed by atoms with Crippen LogP contribution in [0.2, 0.25) is 0 Å². The van der Waals surface area contributed by atoms with Crippen molar-refractivity contribution in [1.82, 2.24) is 9.80 Å². The second-order valence-electron chi connectivity index (χ2n) is 7.83. The second-order valence-corrected chi connectivity index (χ2v) is 7.83. The Morgan fingerprint density at radius 3 is 2.15 bits per heavy atom. The first kappa shape index (κ1) is 21.1. The first-order chi connectivity index (χ1) is 12.8. The Labute approximate surface area is 163 Å². The molecule has 0 aliphatic heterocycles. The van der Waals surface area contributed by atoms with Gasteiger partial charge in [-0.25, -0.2) is 0 Å². The molecule has 4 heteroatoms. The molecular weight excluding hydrogens is 336 g/mol. The molecule has 0 aliphatic carbocycles. The molecule has 0 fully saturated rings. The highest BCUT2D eigenvalue weighted by Gasteiger charge is 2.24. The van der Waals surface area contributed by atoms with Gasteiger partial charge in [0.05, 0.1) is 6.61 Å². The van der Waals surface area contributed by atoms with Crippen LogP contribution in [0.1, 0.15) is 49.2 Å². The average molecular weight is 369 g/mol. The molecule has 0 heterocycles. The van der Waals surface area contributed by atoms with Crippen molar-refractivity contribution in [1.29, 1.82) is 0 Å². The van der Waals surface area contributed by atoms with Crippen LogP contribution in [0.15, 0.2) is 42.5 Å². The second kappa shape index (κ2) is 9.16. The van der Waals surface area contributed by atoms with Gasteiger partial charge in [-0.3, -0.25) is 4.79 Å². The minimum absolute atomic E-state index is 0.0249. The van der Waals surface area contributed by atoms with Crippen LogP contribution >= 0.6 is 0 Å². The Bertz CT molecular complexity index is 774. The molecule has 0 radical (unpaired) electrons. The number of hydrogen-bond acceptors (Lipinski definition) is 3. The molecule has 0 aromatic heterocycles. The number of benzene rings is 2. The molecule has 0 bridgehead atoms. The van der Waals surface area contributed by atoms with E-state index in [0.717, 1.165) is 28.8 Å². The summed E-state index contributed by atoms with van der Waals surface area (Å²) < 4.78 is 0. The van der Waals surface area contributed by atoms with Gasteiger partial charge in [-0.2, -0.15) is 0 Å². The largest absolute Gasteiger partial charge is 0.392 e. The molecule has 0 saturated heterocycles. The van der Waals surface area contributed by atoms with E-state index in [1.807, 2.05) is 83.1 Å². The molecule has 2 aromatic carbocycles. The Hall–Kier alpha value is -2.17. The molecule has 27 heavy (non-hydrogen) atoms. The van der Waals surface area contributed by atoms with Gasteiger partial charge in [-0.05, 0) is 70.1 Å². The predicted molar refractivity (Wildman–Crippen MR) is 112 cm³/mol. The van der Waals surface area contributed by atoms with Gasteiger partial charge in [0, 0.05) is 24.2 Å². The lowest BCUT2D eigenvalue weighted by atomic mass is 9.93. The summed E-state index contributed by atoms with van der Waals surface area (Å²) >= 11 is 0. The number of carbonyl (C=O) groups is 1. The average Bonchev–Trinajstić information content (AvgIpc) is 2.60. The summed E-state index contributed by atoms with van der Waals surface area (Å²) in [6.45, 7) is 8.90. The van der Waals surface area contributed by atoms with Crippen molar-refractivity contribution in [2.45, 2.75) is 52.9 Å². The van der Waals surface area contributed by atoms with Gasteiger partial charge in [0.25, 0.3) is 5.91 Å². The van der Waals surface area contributed by atoms with E-state index < -0.39 is 0 Å². The van der Waals surface area contributed by atoms with E-state index in [0.29, 0.717) is 5.56 Å². The van der Waals surface area contributed by atoms with E-state index in [2.05, 4.69) is 11.0 Å². The summed E-state index contributed by atoms with van der Waals surface area (Å²) in [4.78, 5) is 17.3. The van der Waals surface area contributed by atoms with E-state index in [1.165, 1.54) is 0 Å². The maximum absolute atomic E-state index is 13.3. The highest BCUT2D eigenvalue weighted by Crippen LogP contribution is 2.30. The molecule has 0 aliphatic rings. The molecule has 1 amide bonds. The van der Waals surface area contributed by atoms with Crippen molar-refractivity contribution in [2.75, 3.05) is 14.1 Å². The van der Waals surface area contributed by atoms with Crippen LogP contribution in [-0.2, 0) is 13.2 Å². The number of carbonyl (C=O) groups excluding carboxylic acids is 1. The summed E-state index contributed by atoms with van der Waals surface area (Å²) in [7, 11) is 4.04. The minimum atomic E-state index is -0.0583. The Kier molecular flexibility index (Phi) is 7.17. The Balaban J connectivity index is 2.53. The van der Waals surface area contributed by atoms with Crippen LogP contribution in [0, 0.1) is 0 Å². The van der Waals surface area contributed by atoms with Crippen LogP contribution in [0.25, 0.3) is 11.1 Å². The number of nitrogens with zero attached hydrogens (tertiary/aromatic N) is 2. The molecule has 146 valence electrons. The first-order valence-corrected chi connectivity index (χ1v) is 9.55. The molecule has 0 atom stereocenters. The number of aliphatic hydroxyl groups excluding tert-OH is 1. The lowest BCUT2D eigenvalue weighted by molar-refractivity contribution is 0.0644. The summed E-state index contributed by atoms with van der Waals surface area (Å²) in [5, 5.41) is 9.94. The van der Waals surface area contributed by atoms with Gasteiger partial charge in [0.1, 0.15) is 0 Å². The number of amides is 1. The number of hydrogen-bond donors (Lipinski definition) is 1. The highest BCUT2D eigenvalue weighted by molar-refractivity contribution is 6.01. The van der Waals surface area contributed by atoms with Gasteiger partial charge >= 0.3 is 0 Å². The quantitative estimate of drug-likeness (QED) is 0.798. The Morgan fingerprint density at radius 2 is 1.59 bits per heavy atom. The fourth-order valence-electron chi connectivity index (χ4n) is 3.61. The zero-order valence-electron chi connectivity index (χ0n) is 17.4. The minimum Gasteiger partial charge on any atom is -0.392 e. The van der Waals surface area contributed by atoms with Crippen molar-refractivity contribution >= 4 is 5.91 Å². The van der Waals surface area contributed by atoms with Gasteiger partial charge in [-0.1, -0.05) is 36.4 Å². The van der Waals surface area contributed by atoms with Gasteiger partial charge < -0.3 is 14.9 Å². The molecule has 0 saturated carbocycles. The third kappa shape index (κ3) is 4.96. The van der Waals surface area contributed by atoms with Crippen LogP contribution in [0.4, 0.5) is 0 Å². The zero-order chi connectivity index (χ0) is 20.1. The maximum Gasteiger partial charge on any atom is 0.254 e. The van der Waals surface area contributed by atoms with Gasteiger partial charge in [0.2, 0.25) is 0 Å². The summed E-state index contributed by atoms with van der Waals surface area (Å²) in [6, 6.07) is 14.0. The van der Waals surface area contributed by atoms with E-state index in [4.69, 9.17) is 0 Å². The lowest BCUT2D eigenvalue weighted by Gasteiger charge is -2.31. The van der Waals surface area contributed by atoms with Crippen LogP contribution in [-0.4, -0.2) is 47.0 Å². The molecule has 4 nitrogen and oxygen atoms in total. The first-order valence-electron chi connectivity index (χ1n) is 9.55. The van der Waals surface area contributed by atoms with Crippen molar-refractivity contribution in [3.8, 4) is 11.1 Å². The van der Waals surface area contributed by atoms with E-state index in [1.54, 1.807) is 0 Å². The summed E-state index contributed by atoms with van der Waals surface area (Å²) in [6.07, 6.45) is 0. The topological polar surface area (TPSA) is 43.8 Å². The molecule has 1 N–H and O–H groups in total.